The van der Waals surface area contributed by atoms with Crippen LogP contribution in [0.2, 0.25) is 0 Å². The number of methoxy groups -OCH3 is 1. The van der Waals surface area contributed by atoms with Crippen molar-refractivity contribution in [2.75, 3.05) is 20.7 Å². The Labute approximate surface area is 113 Å². The van der Waals surface area contributed by atoms with Crippen molar-refractivity contribution in [1.82, 2.24) is 4.90 Å². The van der Waals surface area contributed by atoms with Gasteiger partial charge in [-0.1, -0.05) is 19.3 Å². The fourth-order valence-corrected chi connectivity index (χ4v) is 2.87. The van der Waals surface area contributed by atoms with Crippen molar-refractivity contribution < 1.29 is 19.4 Å². The first-order valence-electron chi connectivity index (χ1n) is 6.69. The molecule has 0 heterocycles. The summed E-state index contributed by atoms with van der Waals surface area (Å²) in [5, 5.41) is 9.12. The predicted octanol–water partition coefficient (Wildman–Crippen LogP) is 0.596. The number of nitrogens with zero attached hydrogens (tertiary/aromatic N) is 1. The fourth-order valence-electron chi connectivity index (χ4n) is 2.87. The van der Waals surface area contributed by atoms with Crippen molar-refractivity contribution in [3.63, 3.8) is 0 Å². The molecule has 1 aliphatic carbocycles. The highest BCUT2D eigenvalue weighted by atomic mass is 16.5. The molecule has 1 aliphatic rings. The molecule has 1 atom stereocenters. The molecule has 3 N–H and O–H groups in total. The quantitative estimate of drug-likeness (QED) is 0.738. The van der Waals surface area contributed by atoms with E-state index in [0.29, 0.717) is 0 Å². The van der Waals surface area contributed by atoms with Crippen molar-refractivity contribution in [3.05, 3.63) is 0 Å². The minimum Gasteiger partial charge on any atom is -0.481 e. The first-order chi connectivity index (χ1) is 8.96. The number of hydrogen-bond acceptors (Lipinski definition) is 4. The Morgan fingerprint density at radius 1 is 1.37 bits per heavy atom. The predicted molar refractivity (Wildman–Crippen MR) is 70.7 cm³/mol. The Hall–Kier alpha value is -1.14. The van der Waals surface area contributed by atoms with E-state index in [1.165, 1.54) is 7.11 Å². The van der Waals surface area contributed by atoms with E-state index in [-0.39, 0.29) is 18.9 Å². The molecule has 0 aromatic heterocycles. The summed E-state index contributed by atoms with van der Waals surface area (Å²) in [5.74, 6) is -1.10. The Kier molecular flexibility index (Phi) is 5.75. The van der Waals surface area contributed by atoms with Crippen LogP contribution < -0.4 is 5.73 Å². The molecule has 0 aliphatic heterocycles. The van der Waals surface area contributed by atoms with Crippen LogP contribution in [0.5, 0.6) is 0 Å². The van der Waals surface area contributed by atoms with Crippen LogP contribution in [0.4, 0.5) is 0 Å². The summed E-state index contributed by atoms with van der Waals surface area (Å²) in [6.45, 7) is 0.100. The number of nitrogens with two attached hydrogens (primary N) is 1. The van der Waals surface area contributed by atoms with Gasteiger partial charge >= 0.3 is 5.97 Å². The lowest BCUT2D eigenvalue weighted by molar-refractivity contribution is -0.152. The molecule has 0 radical (unpaired) electrons. The molecule has 1 amide bonds. The summed E-state index contributed by atoms with van der Waals surface area (Å²) in [7, 11) is 3.10. The molecule has 0 aromatic carbocycles. The highest BCUT2D eigenvalue weighted by Crippen LogP contribution is 2.36. The summed E-state index contributed by atoms with van der Waals surface area (Å²) >= 11 is 0. The van der Waals surface area contributed by atoms with E-state index in [1.54, 1.807) is 11.9 Å². The highest BCUT2D eigenvalue weighted by Gasteiger charge is 2.41. The first kappa shape index (κ1) is 15.9. The summed E-state index contributed by atoms with van der Waals surface area (Å²) in [6, 6.07) is 0. The van der Waals surface area contributed by atoms with Crippen LogP contribution in [-0.4, -0.2) is 54.2 Å². The standard InChI is InChI=1S/C13H24N2O4/c1-15(12(18)10(9-14)19-2)13(8-11(16)17)6-4-3-5-7-13/h10H,3-9,14H2,1-2H3,(H,16,17). The van der Waals surface area contributed by atoms with Gasteiger partial charge in [-0.05, 0) is 12.8 Å². The van der Waals surface area contributed by atoms with Gasteiger partial charge in [0.2, 0.25) is 0 Å². The molecule has 6 nitrogen and oxygen atoms in total. The van der Waals surface area contributed by atoms with Crippen LogP contribution >= 0.6 is 0 Å². The van der Waals surface area contributed by atoms with Gasteiger partial charge in [-0.15, -0.1) is 0 Å². The van der Waals surface area contributed by atoms with E-state index in [4.69, 9.17) is 15.6 Å². The lowest BCUT2D eigenvalue weighted by Crippen LogP contribution is -2.56. The average molecular weight is 272 g/mol. The van der Waals surface area contributed by atoms with E-state index in [9.17, 15) is 9.59 Å². The van der Waals surface area contributed by atoms with E-state index < -0.39 is 17.6 Å². The molecular formula is C13H24N2O4. The average Bonchev–Trinajstić information content (AvgIpc) is 2.39. The Bertz CT molecular complexity index is 323. The molecule has 6 heteroatoms. The van der Waals surface area contributed by atoms with E-state index in [1.807, 2.05) is 0 Å². The molecular weight excluding hydrogens is 248 g/mol. The third-order valence-corrected chi connectivity index (χ3v) is 4.08. The summed E-state index contributed by atoms with van der Waals surface area (Å²) in [6.07, 6.45) is 3.73. The Morgan fingerprint density at radius 2 is 1.95 bits per heavy atom. The van der Waals surface area contributed by atoms with Gasteiger partial charge in [0.15, 0.2) is 0 Å². The second-order valence-electron chi connectivity index (χ2n) is 5.21. The van der Waals surface area contributed by atoms with Crippen LogP contribution in [0.15, 0.2) is 0 Å². The Morgan fingerprint density at radius 3 is 2.37 bits per heavy atom. The van der Waals surface area contributed by atoms with Crippen LogP contribution in [0.1, 0.15) is 38.5 Å². The SMILES string of the molecule is COC(CN)C(=O)N(C)C1(CC(=O)O)CCCCC1. The number of carboxylic acids is 1. The minimum absolute atomic E-state index is 0.0176. The fraction of sp³-hybridized carbons (Fsp3) is 0.846. The van der Waals surface area contributed by atoms with Gasteiger partial charge in [-0.3, -0.25) is 9.59 Å². The lowest BCUT2D eigenvalue weighted by atomic mass is 9.78. The topological polar surface area (TPSA) is 92.9 Å². The molecule has 0 bridgehead atoms. The second kappa shape index (κ2) is 6.86. The maximum atomic E-state index is 12.3. The molecule has 1 saturated carbocycles. The minimum atomic E-state index is -0.872. The van der Waals surface area contributed by atoms with Crippen LogP contribution in [0.25, 0.3) is 0 Å². The number of amides is 1. The van der Waals surface area contributed by atoms with Crippen molar-refractivity contribution in [2.24, 2.45) is 5.73 Å². The van der Waals surface area contributed by atoms with Gasteiger partial charge < -0.3 is 20.5 Å². The molecule has 1 fully saturated rings. The third kappa shape index (κ3) is 3.67. The van der Waals surface area contributed by atoms with Gasteiger partial charge in [0, 0.05) is 20.7 Å². The zero-order chi connectivity index (χ0) is 14.5. The van der Waals surface area contributed by atoms with E-state index in [2.05, 4.69) is 0 Å². The largest absolute Gasteiger partial charge is 0.481 e. The van der Waals surface area contributed by atoms with Gasteiger partial charge in [0.05, 0.1) is 12.0 Å². The highest BCUT2D eigenvalue weighted by molar-refractivity contribution is 5.82. The third-order valence-electron chi connectivity index (χ3n) is 4.08. The number of carbonyl (C=O) groups is 2. The summed E-state index contributed by atoms with van der Waals surface area (Å²) < 4.78 is 5.06. The monoisotopic (exact) mass is 272 g/mol. The van der Waals surface area contributed by atoms with Gasteiger partial charge in [-0.2, -0.15) is 0 Å². The van der Waals surface area contributed by atoms with Gasteiger partial charge in [0.1, 0.15) is 6.10 Å². The molecule has 0 aromatic rings. The van der Waals surface area contributed by atoms with Crippen LogP contribution in [-0.2, 0) is 14.3 Å². The zero-order valence-corrected chi connectivity index (χ0v) is 11.7. The molecule has 19 heavy (non-hydrogen) atoms. The number of aliphatic carboxylic acids is 1. The summed E-state index contributed by atoms with van der Waals surface area (Å²) in [4.78, 5) is 25.0. The maximum Gasteiger partial charge on any atom is 0.305 e. The number of hydrogen-bond donors (Lipinski definition) is 2. The molecule has 110 valence electrons. The zero-order valence-electron chi connectivity index (χ0n) is 11.7. The van der Waals surface area contributed by atoms with Gasteiger partial charge in [-0.25, -0.2) is 0 Å². The molecule has 0 saturated heterocycles. The first-order valence-corrected chi connectivity index (χ1v) is 6.69. The Balaban J connectivity index is 2.90. The molecule has 0 spiro atoms. The second-order valence-corrected chi connectivity index (χ2v) is 5.21. The van der Waals surface area contributed by atoms with Crippen LogP contribution in [0.3, 0.4) is 0 Å². The number of carboxylic acid groups (broad SMARTS) is 1. The van der Waals surface area contributed by atoms with E-state index in [0.717, 1.165) is 32.1 Å². The normalized spacial score (nSPS) is 19.7. The van der Waals surface area contributed by atoms with Crippen molar-refractivity contribution in [1.29, 1.82) is 0 Å². The number of likely N-dealkylation sites (N-methyl/N-ethyl adjacent to an activating group) is 1. The van der Waals surface area contributed by atoms with Crippen molar-refractivity contribution in [3.8, 4) is 0 Å². The maximum absolute atomic E-state index is 12.3. The van der Waals surface area contributed by atoms with Gasteiger partial charge in [0.25, 0.3) is 5.91 Å². The van der Waals surface area contributed by atoms with Crippen LogP contribution in [0, 0.1) is 0 Å². The lowest BCUT2D eigenvalue weighted by Gasteiger charge is -2.44. The number of carbonyl (C=O) groups excluding carboxylic acids is 1. The van der Waals surface area contributed by atoms with Crippen molar-refractivity contribution >= 4 is 11.9 Å². The van der Waals surface area contributed by atoms with E-state index >= 15 is 0 Å². The number of ether oxygens (including phenoxy) is 1. The summed E-state index contributed by atoms with van der Waals surface area (Å²) in [5.41, 5.74) is 4.92. The number of rotatable bonds is 6. The smallest absolute Gasteiger partial charge is 0.305 e. The van der Waals surface area contributed by atoms with Crippen molar-refractivity contribution in [2.45, 2.75) is 50.2 Å². The molecule has 1 unspecified atom stereocenters. The molecule has 1 rings (SSSR count).